The van der Waals surface area contributed by atoms with Gasteiger partial charge in [0.15, 0.2) is 0 Å². The average Bonchev–Trinajstić information content (AvgIpc) is 2.84. The predicted molar refractivity (Wildman–Crippen MR) is 75.4 cm³/mol. The van der Waals surface area contributed by atoms with Crippen molar-refractivity contribution < 1.29 is 8.78 Å². The molecule has 0 aliphatic carbocycles. The molecular weight excluding hydrogens is 264 g/mol. The van der Waals surface area contributed by atoms with Gasteiger partial charge in [0, 0.05) is 22.5 Å². The predicted octanol–water partition coefficient (Wildman–Crippen LogP) is 4.31. The second kappa shape index (κ2) is 6.26. The van der Waals surface area contributed by atoms with Crippen molar-refractivity contribution in [3.8, 4) is 0 Å². The topological polar surface area (TPSA) is 12.0 Å². The highest BCUT2D eigenvalue weighted by atomic mass is 32.1. The summed E-state index contributed by atoms with van der Waals surface area (Å²) in [7, 11) is 0. The summed E-state index contributed by atoms with van der Waals surface area (Å²) in [6.45, 7) is 3.90. The van der Waals surface area contributed by atoms with Crippen LogP contribution in [0.1, 0.15) is 30.3 Å². The number of thiophene rings is 1. The van der Waals surface area contributed by atoms with Gasteiger partial charge in [0.2, 0.25) is 0 Å². The molecule has 0 fully saturated rings. The third kappa shape index (κ3) is 3.85. The normalized spacial score (nSPS) is 14.3. The zero-order chi connectivity index (χ0) is 13.8. The Morgan fingerprint density at radius 1 is 1.21 bits per heavy atom. The summed E-state index contributed by atoms with van der Waals surface area (Å²) in [5.74, 6) is -0.777. The maximum atomic E-state index is 13.6. The number of hydrogen-bond donors (Lipinski definition) is 1. The van der Waals surface area contributed by atoms with Gasteiger partial charge in [-0.1, -0.05) is 6.07 Å². The molecule has 0 spiro atoms. The van der Waals surface area contributed by atoms with Gasteiger partial charge in [0.1, 0.15) is 11.6 Å². The summed E-state index contributed by atoms with van der Waals surface area (Å²) in [6.07, 6.45) is 0.888. The molecule has 0 radical (unpaired) electrons. The van der Waals surface area contributed by atoms with E-state index in [-0.39, 0.29) is 17.9 Å². The Morgan fingerprint density at radius 2 is 2.00 bits per heavy atom. The summed E-state index contributed by atoms with van der Waals surface area (Å²) in [4.78, 5) is 1.28. The minimum Gasteiger partial charge on any atom is -0.307 e. The number of rotatable bonds is 5. The molecule has 0 saturated heterocycles. The second-order valence-corrected chi connectivity index (χ2v) is 5.77. The molecule has 0 amide bonds. The minimum atomic E-state index is -0.407. The maximum Gasteiger partial charge on any atom is 0.128 e. The number of nitrogens with one attached hydrogen (secondary N) is 1. The molecule has 2 aromatic rings. The third-order valence-electron chi connectivity index (χ3n) is 3.05. The lowest BCUT2D eigenvalue weighted by Gasteiger charge is -2.20. The van der Waals surface area contributed by atoms with Crippen LogP contribution in [0.2, 0.25) is 0 Å². The van der Waals surface area contributed by atoms with Crippen LogP contribution in [0, 0.1) is 11.6 Å². The Morgan fingerprint density at radius 3 is 2.68 bits per heavy atom. The quantitative estimate of drug-likeness (QED) is 0.861. The van der Waals surface area contributed by atoms with Gasteiger partial charge < -0.3 is 5.32 Å². The van der Waals surface area contributed by atoms with E-state index in [1.807, 2.05) is 25.3 Å². The van der Waals surface area contributed by atoms with E-state index in [0.717, 1.165) is 12.5 Å². The summed E-state index contributed by atoms with van der Waals surface area (Å²) in [5, 5.41) is 5.34. The molecule has 0 saturated carbocycles. The highest BCUT2D eigenvalue weighted by Gasteiger charge is 2.14. The molecular formula is C15H17F2NS. The average molecular weight is 281 g/mol. The minimum absolute atomic E-state index is 0.205. The van der Waals surface area contributed by atoms with E-state index in [2.05, 4.69) is 11.4 Å². The van der Waals surface area contributed by atoms with Gasteiger partial charge >= 0.3 is 0 Å². The Balaban J connectivity index is 2.00. The van der Waals surface area contributed by atoms with Crippen molar-refractivity contribution >= 4 is 11.3 Å². The monoisotopic (exact) mass is 281 g/mol. The third-order valence-corrected chi connectivity index (χ3v) is 3.95. The maximum absolute atomic E-state index is 13.6. The fourth-order valence-corrected chi connectivity index (χ4v) is 2.99. The molecule has 2 unspecified atom stereocenters. The number of benzene rings is 1. The standard InChI is InChI=1S/C15H17F2NS/c1-10(8-13-4-3-7-19-13)18-11(2)14-9-12(16)5-6-15(14)17/h3-7,9-11,18H,8H2,1-2H3. The summed E-state index contributed by atoms with van der Waals surface area (Å²) >= 11 is 1.71. The first kappa shape index (κ1) is 14.2. The molecule has 2 atom stereocenters. The molecule has 1 heterocycles. The molecule has 0 aliphatic heterocycles. The van der Waals surface area contributed by atoms with Crippen LogP contribution >= 0.6 is 11.3 Å². The molecule has 19 heavy (non-hydrogen) atoms. The highest BCUT2D eigenvalue weighted by Crippen LogP contribution is 2.19. The van der Waals surface area contributed by atoms with Crippen molar-refractivity contribution in [3.05, 3.63) is 57.8 Å². The van der Waals surface area contributed by atoms with E-state index in [1.165, 1.54) is 17.0 Å². The van der Waals surface area contributed by atoms with Crippen LogP contribution < -0.4 is 5.32 Å². The highest BCUT2D eigenvalue weighted by molar-refractivity contribution is 7.09. The molecule has 1 N–H and O–H groups in total. The van der Waals surface area contributed by atoms with Gasteiger partial charge in [0.05, 0.1) is 0 Å². The second-order valence-electron chi connectivity index (χ2n) is 4.74. The van der Waals surface area contributed by atoms with E-state index in [0.29, 0.717) is 5.56 Å². The van der Waals surface area contributed by atoms with E-state index in [4.69, 9.17) is 0 Å². The van der Waals surface area contributed by atoms with Crippen molar-refractivity contribution in [2.45, 2.75) is 32.4 Å². The fraction of sp³-hybridized carbons (Fsp3) is 0.333. The number of hydrogen-bond acceptors (Lipinski definition) is 2. The lowest BCUT2D eigenvalue weighted by molar-refractivity contribution is 0.459. The van der Waals surface area contributed by atoms with Crippen molar-refractivity contribution in [2.24, 2.45) is 0 Å². The van der Waals surface area contributed by atoms with E-state index in [1.54, 1.807) is 11.3 Å². The van der Waals surface area contributed by atoms with Crippen LogP contribution in [-0.4, -0.2) is 6.04 Å². The van der Waals surface area contributed by atoms with Gasteiger partial charge in [-0.3, -0.25) is 0 Å². The lowest BCUT2D eigenvalue weighted by atomic mass is 10.1. The molecule has 4 heteroatoms. The summed E-state index contributed by atoms with van der Waals surface area (Å²) in [6, 6.07) is 7.65. The lowest BCUT2D eigenvalue weighted by Crippen LogP contribution is -2.31. The van der Waals surface area contributed by atoms with Crippen molar-refractivity contribution in [1.82, 2.24) is 5.32 Å². The molecule has 1 aromatic carbocycles. The molecule has 102 valence electrons. The van der Waals surface area contributed by atoms with Crippen molar-refractivity contribution in [1.29, 1.82) is 0 Å². The van der Waals surface area contributed by atoms with Gasteiger partial charge in [-0.15, -0.1) is 11.3 Å². The van der Waals surface area contributed by atoms with Gasteiger partial charge in [-0.25, -0.2) is 8.78 Å². The van der Waals surface area contributed by atoms with Crippen LogP contribution in [-0.2, 0) is 6.42 Å². The Kier molecular flexibility index (Phi) is 4.66. The Labute approximate surface area is 116 Å². The number of halogens is 2. The Hall–Kier alpha value is -1.26. The molecule has 1 aromatic heterocycles. The van der Waals surface area contributed by atoms with E-state index < -0.39 is 5.82 Å². The van der Waals surface area contributed by atoms with Gasteiger partial charge in [-0.2, -0.15) is 0 Å². The SMILES string of the molecule is CC(Cc1cccs1)NC(C)c1cc(F)ccc1F. The first-order valence-corrected chi connectivity index (χ1v) is 7.17. The van der Waals surface area contributed by atoms with Crippen LogP contribution in [0.25, 0.3) is 0 Å². The van der Waals surface area contributed by atoms with Crippen molar-refractivity contribution in [2.75, 3.05) is 0 Å². The summed E-state index contributed by atoms with van der Waals surface area (Å²) in [5.41, 5.74) is 0.373. The van der Waals surface area contributed by atoms with Gasteiger partial charge in [0.25, 0.3) is 0 Å². The zero-order valence-electron chi connectivity index (χ0n) is 11.0. The fourth-order valence-electron chi connectivity index (χ4n) is 2.15. The largest absolute Gasteiger partial charge is 0.307 e. The molecule has 1 nitrogen and oxygen atoms in total. The molecule has 2 rings (SSSR count). The van der Waals surface area contributed by atoms with Crippen molar-refractivity contribution in [3.63, 3.8) is 0 Å². The van der Waals surface area contributed by atoms with Crippen LogP contribution in [0.4, 0.5) is 8.78 Å². The van der Waals surface area contributed by atoms with Gasteiger partial charge in [-0.05, 0) is 49.9 Å². The zero-order valence-corrected chi connectivity index (χ0v) is 11.8. The van der Waals surface area contributed by atoms with Crippen LogP contribution in [0.5, 0.6) is 0 Å². The smallest absolute Gasteiger partial charge is 0.128 e. The molecule has 0 aliphatic rings. The first-order chi connectivity index (χ1) is 9.06. The Bertz CT molecular complexity index is 525. The van der Waals surface area contributed by atoms with E-state index >= 15 is 0 Å². The van der Waals surface area contributed by atoms with Crippen LogP contribution in [0.3, 0.4) is 0 Å². The summed E-state index contributed by atoms with van der Waals surface area (Å²) < 4.78 is 26.8. The first-order valence-electron chi connectivity index (χ1n) is 6.29. The molecule has 0 bridgehead atoms. The van der Waals surface area contributed by atoms with E-state index in [9.17, 15) is 8.78 Å². The van der Waals surface area contributed by atoms with Crippen LogP contribution in [0.15, 0.2) is 35.7 Å².